The Morgan fingerprint density at radius 1 is 0.515 bits per heavy atom. The van der Waals surface area contributed by atoms with Crippen molar-refractivity contribution >= 4 is 0 Å². The normalized spacial score (nSPS) is 16.7. The van der Waals surface area contributed by atoms with Gasteiger partial charge in [-0.1, -0.05) is 158 Å². The first kappa shape index (κ1) is 78.9. The first-order valence-electron chi connectivity index (χ1n) is 26.5. The fraction of sp³-hybridized carbons (Fsp3) is 0.898. The Balaban J connectivity index is -0.000000129. The van der Waals surface area contributed by atoms with Gasteiger partial charge < -0.3 is 24.8 Å². The Kier molecular flexibility index (Phi) is 58.3. The molecule has 0 aromatic rings. The SMILES string of the molecule is CCC(C)(CCC=C(C)C)OC.CCC(C)(O)CCC(C)C(C)C.CCC(C)CCCC(C)(CC)OC.CCC(C)CCCC(C)(O)CC.CCC/C(C)=C/CCC(C)(O)CC.[C-]#[O+].[C-]#[O+]. The van der Waals surface area contributed by atoms with Gasteiger partial charge in [-0.2, -0.15) is 0 Å². The third-order valence-electron chi connectivity index (χ3n) is 14.3. The van der Waals surface area contributed by atoms with Crippen LogP contribution in [-0.2, 0) is 18.8 Å². The van der Waals surface area contributed by atoms with Crippen molar-refractivity contribution in [2.45, 2.75) is 308 Å². The molecule has 398 valence electrons. The molecule has 0 spiro atoms. The zero-order chi connectivity index (χ0) is 53.6. The topological polar surface area (TPSA) is 119 Å². The molecule has 7 nitrogen and oxygen atoms in total. The van der Waals surface area contributed by atoms with Gasteiger partial charge in [0.1, 0.15) is 0 Å². The van der Waals surface area contributed by atoms with E-state index in [4.69, 9.17) is 18.8 Å². The van der Waals surface area contributed by atoms with Gasteiger partial charge in [0.25, 0.3) is 0 Å². The maximum absolute atomic E-state index is 9.75. The van der Waals surface area contributed by atoms with Crippen LogP contribution in [0, 0.1) is 37.0 Å². The van der Waals surface area contributed by atoms with E-state index in [1.807, 2.05) is 48.7 Å². The van der Waals surface area contributed by atoms with Crippen LogP contribution in [0.5, 0.6) is 0 Å². The summed E-state index contributed by atoms with van der Waals surface area (Å²) in [5.74, 6) is 3.15. The number of methoxy groups -OCH3 is 2. The Morgan fingerprint density at radius 3 is 1.21 bits per heavy atom. The van der Waals surface area contributed by atoms with Crippen molar-refractivity contribution in [3.8, 4) is 0 Å². The Bertz CT molecular complexity index is 1100. The molecule has 0 saturated carbocycles. The van der Waals surface area contributed by atoms with Crippen molar-refractivity contribution in [3.05, 3.63) is 36.6 Å². The third-order valence-corrected chi connectivity index (χ3v) is 14.3. The van der Waals surface area contributed by atoms with Gasteiger partial charge in [-0.25, -0.2) is 0 Å². The monoisotopic (exact) mass is 941 g/mol. The van der Waals surface area contributed by atoms with E-state index in [0.29, 0.717) is 0 Å². The molecule has 0 bridgehead atoms. The molecule has 0 heterocycles. The van der Waals surface area contributed by atoms with Crippen molar-refractivity contribution in [2.75, 3.05) is 14.2 Å². The standard InChI is InChI=1S/C12H26O.C12H24O.C11H22O.2C11H24O.2CO/c1-6-11(3)9-8-10-12(4,7-2)13-5;1-5-8-11(3)9-7-10-12(4,13)6-2;1-6-11(4,12-5)9-7-8-10(2)3;1-6-11(5,12)8-7-10(4)9(2)3;1-5-10(3)8-7-9-11(4,12)6-2;2*1-2/h11H,6-10H2,1-5H3;9,13H,5-8,10H2,1-4H3;8H,6-7,9H2,1-5H3;9-10,12H,6-8H2,1-5H3;10,12H,5-9H2,1-4H3;;/b;11-9+;;;;;. The molecule has 3 N–H and O–H groups in total. The average Bonchev–Trinajstić information content (AvgIpc) is 3.29. The summed E-state index contributed by atoms with van der Waals surface area (Å²) in [6.45, 7) is 54.1. The number of ether oxygens (including phenoxy) is 2. The van der Waals surface area contributed by atoms with E-state index >= 15 is 0 Å². The molecule has 66 heavy (non-hydrogen) atoms. The van der Waals surface area contributed by atoms with E-state index in [1.54, 1.807) is 7.11 Å². The van der Waals surface area contributed by atoms with Crippen molar-refractivity contribution in [1.29, 1.82) is 0 Å². The van der Waals surface area contributed by atoms with Gasteiger partial charge in [0.05, 0.1) is 28.0 Å². The van der Waals surface area contributed by atoms with E-state index in [1.165, 1.54) is 62.5 Å². The molecule has 0 saturated heterocycles. The molecule has 0 aromatic carbocycles. The van der Waals surface area contributed by atoms with Crippen molar-refractivity contribution in [1.82, 2.24) is 0 Å². The van der Waals surface area contributed by atoms with E-state index in [9.17, 15) is 15.3 Å². The second-order valence-electron chi connectivity index (χ2n) is 21.3. The average molecular weight is 942 g/mol. The predicted molar refractivity (Wildman–Crippen MR) is 288 cm³/mol. The summed E-state index contributed by atoms with van der Waals surface area (Å²) >= 11 is 0. The van der Waals surface area contributed by atoms with Crippen LogP contribution in [0.4, 0.5) is 0 Å². The first-order chi connectivity index (χ1) is 30.5. The molecule has 0 amide bonds. The molecular formula is C59H120O7. The van der Waals surface area contributed by atoms with Crippen LogP contribution in [0.1, 0.15) is 280 Å². The third kappa shape index (κ3) is 57.1. The van der Waals surface area contributed by atoms with Gasteiger partial charge in [-0.15, -0.1) is 0 Å². The number of rotatable bonds is 29. The van der Waals surface area contributed by atoms with Crippen LogP contribution in [0.3, 0.4) is 0 Å². The molecule has 0 radical (unpaired) electrons. The summed E-state index contributed by atoms with van der Waals surface area (Å²) in [5, 5.41) is 29.2. The summed E-state index contributed by atoms with van der Waals surface area (Å²) in [4.78, 5) is 0. The second kappa shape index (κ2) is 48.8. The van der Waals surface area contributed by atoms with Crippen LogP contribution < -0.4 is 0 Å². The zero-order valence-electron chi connectivity index (χ0n) is 48.8. The molecule has 0 aromatic heterocycles. The molecule has 8 unspecified atom stereocenters. The van der Waals surface area contributed by atoms with Crippen LogP contribution >= 0.6 is 0 Å². The quantitative estimate of drug-likeness (QED) is 0.0392. The summed E-state index contributed by atoms with van der Waals surface area (Å²) in [7, 11) is 3.62. The van der Waals surface area contributed by atoms with Crippen LogP contribution in [-0.4, -0.2) is 57.5 Å². The summed E-state index contributed by atoms with van der Waals surface area (Å²) in [5.41, 5.74) is 1.71. The zero-order valence-corrected chi connectivity index (χ0v) is 48.8. The Hall–Kier alpha value is -1.24. The summed E-state index contributed by atoms with van der Waals surface area (Å²) in [6, 6.07) is 0. The first-order valence-corrected chi connectivity index (χ1v) is 26.5. The summed E-state index contributed by atoms with van der Waals surface area (Å²) in [6.07, 6.45) is 27.7. The minimum absolute atomic E-state index is 0.0753. The molecule has 8 atom stereocenters. The van der Waals surface area contributed by atoms with E-state index in [0.717, 1.165) is 107 Å². The number of hydrogen-bond donors (Lipinski definition) is 3. The molecule has 7 heteroatoms. The van der Waals surface area contributed by atoms with Crippen LogP contribution in [0.25, 0.3) is 0 Å². The number of hydrogen-bond acceptors (Lipinski definition) is 5. The number of allylic oxidation sites excluding steroid dienone is 4. The van der Waals surface area contributed by atoms with E-state index < -0.39 is 16.8 Å². The van der Waals surface area contributed by atoms with Gasteiger partial charge in [0.2, 0.25) is 0 Å². The van der Waals surface area contributed by atoms with Gasteiger partial charge in [-0.3, -0.25) is 0 Å². The minimum atomic E-state index is -0.469. The predicted octanol–water partition coefficient (Wildman–Crippen LogP) is 17.7. The fourth-order valence-corrected chi connectivity index (χ4v) is 6.10. The van der Waals surface area contributed by atoms with Gasteiger partial charge >= 0.3 is 22.6 Å². The maximum atomic E-state index is 9.75. The molecule has 0 fully saturated rings. The van der Waals surface area contributed by atoms with Gasteiger partial charge in [0.15, 0.2) is 0 Å². The van der Waals surface area contributed by atoms with E-state index in [-0.39, 0.29) is 11.2 Å². The second-order valence-corrected chi connectivity index (χ2v) is 21.3. The Morgan fingerprint density at radius 2 is 0.879 bits per heavy atom. The molecule has 0 aliphatic rings. The van der Waals surface area contributed by atoms with Gasteiger partial charge in [-0.05, 0) is 169 Å². The van der Waals surface area contributed by atoms with Crippen molar-refractivity contribution in [3.63, 3.8) is 0 Å². The van der Waals surface area contributed by atoms with Crippen molar-refractivity contribution < 1.29 is 34.1 Å². The fourth-order valence-electron chi connectivity index (χ4n) is 6.10. The van der Waals surface area contributed by atoms with Crippen molar-refractivity contribution in [2.24, 2.45) is 23.7 Å². The van der Waals surface area contributed by atoms with Crippen LogP contribution in [0.15, 0.2) is 23.3 Å². The summed E-state index contributed by atoms with van der Waals surface area (Å²) < 4.78 is 25.9. The molecule has 0 aliphatic heterocycles. The molecule has 0 rings (SSSR count). The Labute approximate surface area is 415 Å². The van der Waals surface area contributed by atoms with Gasteiger partial charge in [0, 0.05) is 14.2 Å². The molecule has 0 aliphatic carbocycles. The molecular weight excluding hydrogens is 821 g/mol. The van der Waals surface area contributed by atoms with E-state index in [2.05, 4.69) is 129 Å². The van der Waals surface area contributed by atoms with Crippen LogP contribution in [0.2, 0.25) is 0 Å². The number of aliphatic hydroxyl groups is 3.